The summed E-state index contributed by atoms with van der Waals surface area (Å²) >= 11 is 0. The van der Waals surface area contributed by atoms with E-state index >= 15 is 0 Å². The molecule has 0 bridgehead atoms. The predicted molar refractivity (Wildman–Crippen MR) is 95.3 cm³/mol. The lowest BCUT2D eigenvalue weighted by Gasteiger charge is -2.18. The number of hydrogen-bond donors (Lipinski definition) is 1. The van der Waals surface area contributed by atoms with E-state index in [1.165, 1.54) is 5.56 Å². The van der Waals surface area contributed by atoms with Crippen LogP contribution in [0.5, 0.6) is 11.5 Å². The molecule has 0 aromatic heterocycles. The first kappa shape index (κ1) is 17.4. The van der Waals surface area contributed by atoms with Crippen LogP contribution in [0.3, 0.4) is 0 Å². The number of methoxy groups -OCH3 is 1. The molecule has 0 aliphatic carbocycles. The van der Waals surface area contributed by atoms with Crippen LogP contribution in [-0.2, 0) is 6.54 Å². The molecule has 1 N–H and O–H groups in total. The van der Waals surface area contributed by atoms with Crippen molar-refractivity contribution in [3.05, 3.63) is 59.7 Å². The lowest BCUT2D eigenvalue weighted by Crippen LogP contribution is -2.20. The van der Waals surface area contributed by atoms with Crippen molar-refractivity contribution in [3.63, 3.8) is 0 Å². The molecule has 0 radical (unpaired) electrons. The van der Waals surface area contributed by atoms with E-state index < -0.39 is 0 Å². The fourth-order valence-electron chi connectivity index (χ4n) is 2.55. The van der Waals surface area contributed by atoms with Crippen LogP contribution >= 0.6 is 0 Å². The van der Waals surface area contributed by atoms with Crippen LogP contribution in [0.25, 0.3) is 0 Å². The molecule has 0 amide bonds. The van der Waals surface area contributed by atoms with E-state index in [2.05, 4.69) is 48.6 Å². The first-order chi connectivity index (χ1) is 11.1. The maximum Gasteiger partial charge on any atom is 0.166 e. The van der Waals surface area contributed by atoms with Crippen molar-refractivity contribution in [1.29, 1.82) is 0 Å². The van der Waals surface area contributed by atoms with E-state index in [9.17, 15) is 0 Å². The first-order valence-corrected chi connectivity index (χ1v) is 8.20. The molecule has 0 aliphatic rings. The van der Waals surface area contributed by atoms with E-state index in [0.717, 1.165) is 30.2 Å². The Kier molecular flexibility index (Phi) is 6.48. The summed E-state index contributed by atoms with van der Waals surface area (Å²) in [5, 5.41) is 3.53. The molecule has 2 aromatic rings. The van der Waals surface area contributed by atoms with Gasteiger partial charge in [0.2, 0.25) is 0 Å². The SMILES string of the molecule is COc1cccc(CNCC(C)c2ccccc2)c1OC(C)C. The molecule has 0 heterocycles. The van der Waals surface area contributed by atoms with Gasteiger partial charge in [0.25, 0.3) is 0 Å². The van der Waals surface area contributed by atoms with Gasteiger partial charge in [-0.15, -0.1) is 0 Å². The monoisotopic (exact) mass is 313 g/mol. The summed E-state index contributed by atoms with van der Waals surface area (Å²) in [5.74, 6) is 2.09. The van der Waals surface area contributed by atoms with E-state index in [0.29, 0.717) is 5.92 Å². The molecule has 1 atom stereocenters. The van der Waals surface area contributed by atoms with Gasteiger partial charge in [0.05, 0.1) is 13.2 Å². The Morgan fingerprint density at radius 3 is 2.35 bits per heavy atom. The maximum atomic E-state index is 5.94. The summed E-state index contributed by atoms with van der Waals surface area (Å²) < 4.78 is 11.4. The summed E-state index contributed by atoms with van der Waals surface area (Å²) in [6, 6.07) is 16.6. The van der Waals surface area contributed by atoms with Crippen LogP contribution in [0.4, 0.5) is 0 Å². The lowest BCUT2D eigenvalue weighted by molar-refractivity contribution is 0.227. The number of rotatable bonds is 8. The van der Waals surface area contributed by atoms with Crippen molar-refractivity contribution < 1.29 is 9.47 Å². The Morgan fingerprint density at radius 1 is 0.957 bits per heavy atom. The van der Waals surface area contributed by atoms with Gasteiger partial charge in [-0.1, -0.05) is 49.4 Å². The van der Waals surface area contributed by atoms with Crippen LogP contribution in [0.1, 0.15) is 37.8 Å². The van der Waals surface area contributed by atoms with Gasteiger partial charge < -0.3 is 14.8 Å². The van der Waals surface area contributed by atoms with Gasteiger partial charge in [-0.25, -0.2) is 0 Å². The molecule has 0 aliphatic heterocycles. The van der Waals surface area contributed by atoms with Crippen molar-refractivity contribution in [3.8, 4) is 11.5 Å². The fraction of sp³-hybridized carbons (Fsp3) is 0.400. The highest BCUT2D eigenvalue weighted by molar-refractivity contribution is 5.46. The highest BCUT2D eigenvalue weighted by Crippen LogP contribution is 2.32. The third-order valence-electron chi connectivity index (χ3n) is 3.77. The first-order valence-electron chi connectivity index (χ1n) is 8.20. The summed E-state index contributed by atoms with van der Waals surface area (Å²) in [7, 11) is 1.68. The maximum absolute atomic E-state index is 5.94. The third kappa shape index (κ3) is 5.00. The average Bonchev–Trinajstić information content (AvgIpc) is 2.56. The van der Waals surface area contributed by atoms with Gasteiger partial charge in [-0.3, -0.25) is 0 Å². The largest absolute Gasteiger partial charge is 0.493 e. The number of nitrogens with one attached hydrogen (secondary N) is 1. The Bertz CT molecular complexity index is 596. The summed E-state index contributed by atoms with van der Waals surface area (Å²) in [5.41, 5.74) is 2.47. The zero-order valence-electron chi connectivity index (χ0n) is 14.5. The minimum absolute atomic E-state index is 0.119. The second kappa shape index (κ2) is 8.59. The van der Waals surface area contributed by atoms with Crippen molar-refractivity contribution >= 4 is 0 Å². The van der Waals surface area contributed by atoms with Crippen molar-refractivity contribution in [2.24, 2.45) is 0 Å². The topological polar surface area (TPSA) is 30.5 Å². The molecule has 2 aromatic carbocycles. The van der Waals surface area contributed by atoms with Gasteiger partial charge in [-0.2, -0.15) is 0 Å². The second-order valence-corrected chi connectivity index (χ2v) is 6.06. The molecule has 23 heavy (non-hydrogen) atoms. The smallest absolute Gasteiger partial charge is 0.166 e. The zero-order chi connectivity index (χ0) is 16.7. The summed E-state index contributed by atoms with van der Waals surface area (Å²) in [4.78, 5) is 0. The number of ether oxygens (including phenoxy) is 2. The number of para-hydroxylation sites is 1. The molecular formula is C20H27NO2. The molecule has 0 spiro atoms. The van der Waals surface area contributed by atoms with Gasteiger partial charge in [-0.05, 0) is 31.4 Å². The normalized spacial score (nSPS) is 12.2. The van der Waals surface area contributed by atoms with Gasteiger partial charge >= 0.3 is 0 Å². The zero-order valence-corrected chi connectivity index (χ0v) is 14.5. The van der Waals surface area contributed by atoms with E-state index in [-0.39, 0.29) is 6.10 Å². The van der Waals surface area contributed by atoms with E-state index in [1.807, 2.05) is 26.0 Å². The van der Waals surface area contributed by atoms with Crippen LogP contribution in [0.15, 0.2) is 48.5 Å². The van der Waals surface area contributed by atoms with Crippen LogP contribution in [-0.4, -0.2) is 19.8 Å². The standard InChI is InChI=1S/C20H27NO2/c1-15(2)23-20-18(11-8-12-19(20)22-4)14-21-13-16(3)17-9-6-5-7-10-17/h5-12,15-16,21H,13-14H2,1-4H3. The van der Waals surface area contributed by atoms with Gasteiger partial charge in [0.1, 0.15) is 0 Å². The van der Waals surface area contributed by atoms with E-state index in [4.69, 9.17) is 9.47 Å². The molecule has 1 unspecified atom stereocenters. The Hall–Kier alpha value is -2.00. The lowest BCUT2D eigenvalue weighted by atomic mass is 10.0. The minimum atomic E-state index is 0.119. The molecule has 0 fully saturated rings. The van der Waals surface area contributed by atoms with Crippen molar-refractivity contribution in [2.45, 2.75) is 39.3 Å². The second-order valence-electron chi connectivity index (χ2n) is 6.06. The quantitative estimate of drug-likeness (QED) is 0.784. The Labute approximate surface area is 139 Å². The predicted octanol–water partition coefficient (Wildman–Crippen LogP) is 4.38. The molecule has 2 rings (SSSR count). The van der Waals surface area contributed by atoms with Crippen molar-refractivity contribution in [2.75, 3.05) is 13.7 Å². The Morgan fingerprint density at radius 2 is 1.70 bits per heavy atom. The minimum Gasteiger partial charge on any atom is -0.493 e. The van der Waals surface area contributed by atoms with Crippen LogP contribution in [0.2, 0.25) is 0 Å². The molecule has 0 saturated carbocycles. The van der Waals surface area contributed by atoms with E-state index in [1.54, 1.807) is 7.11 Å². The van der Waals surface area contributed by atoms with Crippen LogP contribution < -0.4 is 14.8 Å². The summed E-state index contributed by atoms with van der Waals surface area (Å²) in [6.45, 7) is 7.97. The van der Waals surface area contributed by atoms with Gasteiger partial charge in [0, 0.05) is 18.7 Å². The highest BCUT2D eigenvalue weighted by Gasteiger charge is 2.12. The Balaban J connectivity index is 2.00. The fourth-order valence-corrected chi connectivity index (χ4v) is 2.55. The number of benzene rings is 2. The highest BCUT2D eigenvalue weighted by atomic mass is 16.5. The average molecular weight is 313 g/mol. The molecule has 0 saturated heterocycles. The molecule has 124 valence electrons. The molecule has 3 nitrogen and oxygen atoms in total. The molecule has 3 heteroatoms. The number of hydrogen-bond acceptors (Lipinski definition) is 3. The van der Waals surface area contributed by atoms with Gasteiger partial charge in [0.15, 0.2) is 11.5 Å². The van der Waals surface area contributed by atoms with Crippen molar-refractivity contribution in [1.82, 2.24) is 5.32 Å². The van der Waals surface area contributed by atoms with Crippen LogP contribution in [0, 0.1) is 0 Å². The third-order valence-corrected chi connectivity index (χ3v) is 3.77. The molecular weight excluding hydrogens is 286 g/mol. The summed E-state index contributed by atoms with van der Waals surface area (Å²) in [6.07, 6.45) is 0.119.